The molecule has 0 aromatic heterocycles. The van der Waals surface area contributed by atoms with Gasteiger partial charge < -0.3 is 10.1 Å². The maximum Gasteiger partial charge on any atom is 0.261 e. The molecular formula is C18H24N2O2. The van der Waals surface area contributed by atoms with Crippen molar-refractivity contribution in [2.45, 2.75) is 52.2 Å². The number of hydrogen-bond donors (Lipinski definition) is 1. The van der Waals surface area contributed by atoms with E-state index in [1.54, 1.807) is 31.2 Å². The summed E-state index contributed by atoms with van der Waals surface area (Å²) in [4.78, 5) is 12.3. The number of ether oxygens (including phenoxy) is 1. The molecule has 0 aliphatic heterocycles. The van der Waals surface area contributed by atoms with Gasteiger partial charge in [0, 0.05) is 6.04 Å². The van der Waals surface area contributed by atoms with Crippen LogP contribution >= 0.6 is 0 Å². The molecule has 4 atom stereocenters. The number of carbonyl (C=O) groups is 1. The van der Waals surface area contributed by atoms with Gasteiger partial charge in [-0.05, 0) is 43.4 Å². The zero-order valence-electron chi connectivity index (χ0n) is 13.5. The fourth-order valence-electron chi connectivity index (χ4n) is 2.98. The van der Waals surface area contributed by atoms with Crippen LogP contribution in [0, 0.1) is 23.2 Å². The molecule has 0 unspecified atom stereocenters. The molecule has 118 valence electrons. The molecule has 0 spiro atoms. The molecule has 1 fully saturated rings. The number of hydrogen-bond acceptors (Lipinski definition) is 3. The first kappa shape index (κ1) is 16.4. The van der Waals surface area contributed by atoms with E-state index in [9.17, 15) is 4.79 Å². The van der Waals surface area contributed by atoms with E-state index in [1.807, 2.05) is 0 Å². The maximum atomic E-state index is 12.3. The number of rotatable bonds is 4. The van der Waals surface area contributed by atoms with E-state index in [2.05, 4.69) is 25.2 Å². The minimum absolute atomic E-state index is 0.0895. The van der Waals surface area contributed by atoms with E-state index < -0.39 is 6.10 Å². The summed E-state index contributed by atoms with van der Waals surface area (Å²) in [5, 5.41) is 12.0. The topological polar surface area (TPSA) is 62.1 Å². The van der Waals surface area contributed by atoms with Crippen molar-refractivity contribution in [2.75, 3.05) is 0 Å². The van der Waals surface area contributed by atoms with Crippen LogP contribution in [0.1, 0.15) is 45.6 Å². The summed E-state index contributed by atoms with van der Waals surface area (Å²) in [6, 6.07) is 9.17. The van der Waals surface area contributed by atoms with Gasteiger partial charge in [-0.2, -0.15) is 5.26 Å². The van der Waals surface area contributed by atoms with Crippen molar-refractivity contribution in [1.82, 2.24) is 5.32 Å². The predicted molar refractivity (Wildman–Crippen MR) is 85.4 cm³/mol. The largest absolute Gasteiger partial charge is 0.481 e. The van der Waals surface area contributed by atoms with Gasteiger partial charge in [-0.3, -0.25) is 4.79 Å². The maximum absolute atomic E-state index is 12.3. The summed E-state index contributed by atoms with van der Waals surface area (Å²) in [7, 11) is 0. The highest BCUT2D eigenvalue weighted by atomic mass is 16.5. The lowest BCUT2D eigenvalue weighted by Gasteiger charge is -2.35. The molecule has 1 aromatic rings. The van der Waals surface area contributed by atoms with Crippen molar-refractivity contribution in [1.29, 1.82) is 5.26 Å². The van der Waals surface area contributed by atoms with Crippen molar-refractivity contribution in [3.63, 3.8) is 0 Å². The third kappa shape index (κ3) is 4.00. The van der Waals surface area contributed by atoms with Crippen LogP contribution in [0.5, 0.6) is 5.75 Å². The summed E-state index contributed by atoms with van der Waals surface area (Å²) in [5.41, 5.74) is 0.528. The van der Waals surface area contributed by atoms with Crippen LogP contribution in [0.25, 0.3) is 0 Å². The Bertz CT molecular complexity index is 564. The Balaban J connectivity index is 1.93. The number of nitrogens with zero attached hydrogens (tertiary/aromatic N) is 1. The molecule has 1 saturated carbocycles. The second kappa shape index (κ2) is 7.31. The lowest BCUT2D eigenvalue weighted by atomic mass is 9.78. The minimum atomic E-state index is -0.571. The molecule has 4 heteroatoms. The predicted octanol–water partition coefficient (Wildman–Crippen LogP) is 3.27. The Labute approximate surface area is 132 Å². The number of amides is 1. The highest BCUT2D eigenvalue weighted by Gasteiger charge is 2.29. The fourth-order valence-corrected chi connectivity index (χ4v) is 2.98. The zero-order chi connectivity index (χ0) is 16.1. The van der Waals surface area contributed by atoms with Crippen LogP contribution < -0.4 is 10.1 Å². The van der Waals surface area contributed by atoms with Gasteiger partial charge in [-0.25, -0.2) is 0 Å². The quantitative estimate of drug-likeness (QED) is 0.928. The standard InChI is InChI=1S/C18H24N2O2/c1-12-6-4-9-17(13(12)2)20-18(21)14(3)22-16-8-5-7-15(10-16)11-19/h5,7-8,10,12-14,17H,4,6,9H2,1-3H3,(H,20,21)/t12-,13-,14+,17-/m1/s1. The molecule has 2 rings (SSSR count). The molecule has 1 N–H and O–H groups in total. The van der Waals surface area contributed by atoms with E-state index in [1.165, 1.54) is 6.42 Å². The highest BCUT2D eigenvalue weighted by molar-refractivity contribution is 5.81. The molecule has 1 aromatic carbocycles. The van der Waals surface area contributed by atoms with Gasteiger partial charge in [0.15, 0.2) is 6.10 Å². The highest BCUT2D eigenvalue weighted by Crippen LogP contribution is 2.29. The third-order valence-corrected chi connectivity index (χ3v) is 4.68. The molecule has 22 heavy (non-hydrogen) atoms. The Hall–Kier alpha value is -2.02. The molecule has 0 radical (unpaired) electrons. The first-order valence-corrected chi connectivity index (χ1v) is 7.98. The first-order chi connectivity index (χ1) is 10.5. The van der Waals surface area contributed by atoms with Gasteiger partial charge >= 0.3 is 0 Å². The molecular weight excluding hydrogens is 276 g/mol. The summed E-state index contributed by atoms with van der Waals surface area (Å²) in [6.45, 7) is 6.19. The van der Waals surface area contributed by atoms with Crippen molar-refractivity contribution in [2.24, 2.45) is 11.8 Å². The lowest BCUT2D eigenvalue weighted by molar-refractivity contribution is -0.128. The van der Waals surface area contributed by atoms with E-state index in [4.69, 9.17) is 10.00 Å². The van der Waals surface area contributed by atoms with Crippen LogP contribution in [-0.4, -0.2) is 18.1 Å². The van der Waals surface area contributed by atoms with E-state index in [0.29, 0.717) is 23.1 Å². The Morgan fingerprint density at radius 1 is 1.41 bits per heavy atom. The van der Waals surface area contributed by atoms with Gasteiger partial charge in [-0.1, -0.05) is 32.8 Å². The molecule has 4 nitrogen and oxygen atoms in total. The number of nitrogens with one attached hydrogen (secondary N) is 1. The second-order valence-electron chi connectivity index (χ2n) is 6.28. The molecule has 0 saturated heterocycles. The molecule has 1 aliphatic rings. The van der Waals surface area contributed by atoms with Crippen LogP contribution in [-0.2, 0) is 4.79 Å². The monoisotopic (exact) mass is 300 g/mol. The van der Waals surface area contributed by atoms with E-state index in [0.717, 1.165) is 12.8 Å². The van der Waals surface area contributed by atoms with Crippen molar-refractivity contribution < 1.29 is 9.53 Å². The molecule has 0 heterocycles. The van der Waals surface area contributed by atoms with Crippen molar-refractivity contribution in [3.05, 3.63) is 29.8 Å². The normalized spacial score (nSPS) is 25.8. The van der Waals surface area contributed by atoms with Crippen LogP contribution in [0.15, 0.2) is 24.3 Å². The second-order valence-corrected chi connectivity index (χ2v) is 6.28. The lowest BCUT2D eigenvalue weighted by Crippen LogP contribution is -2.48. The average Bonchev–Trinajstić information content (AvgIpc) is 2.52. The summed E-state index contributed by atoms with van der Waals surface area (Å²) in [6.07, 6.45) is 2.86. The van der Waals surface area contributed by atoms with Crippen LogP contribution in [0.3, 0.4) is 0 Å². The number of carbonyl (C=O) groups excluding carboxylic acids is 1. The zero-order valence-corrected chi connectivity index (χ0v) is 13.5. The summed E-state index contributed by atoms with van der Waals surface area (Å²) < 4.78 is 5.66. The summed E-state index contributed by atoms with van der Waals surface area (Å²) in [5.74, 6) is 1.59. The number of benzene rings is 1. The third-order valence-electron chi connectivity index (χ3n) is 4.68. The van der Waals surface area contributed by atoms with E-state index >= 15 is 0 Å². The van der Waals surface area contributed by atoms with Gasteiger partial charge in [0.25, 0.3) is 5.91 Å². The van der Waals surface area contributed by atoms with Crippen LogP contribution in [0.4, 0.5) is 0 Å². The first-order valence-electron chi connectivity index (χ1n) is 7.98. The average molecular weight is 300 g/mol. The van der Waals surface area contributed by atoms with Gasteiger partial charge in [0.05, 0.1) is 11.6 Å². The Kier molecular flexibility index (Phi) is 5.43. The number of nitriles is 1. The Morgan fingerprint density at radius 3 is 2.91 bits per heavy atom. The smallest absolute Gasteiger partial charge is 0.261 e. The molecule has 0 bridgehead atoms. The van der Waals surface area contributed by atoms with Crippen LogP contribution in [0.2, 0.25) is 0 Å². The molecule has 1 amide bonds. The van der Waals surface area contributed by atoms with Gasteiger partial charge in [0.2, 0.25) is 0 Å². The van der Waals surface area contributed by atoms with Gasteiger partial charge in [0.1, 0.15) is 5.75 Å². The Morgan fingerprint density at radius 2 is 2.18 bits per heavy atom. The molecule has 1 aliphatic carbocycles. The minimum Gasteiger partial charge on any atom is -0.481 e. The summed E-state index contributed by atoms with van der Waals surface area (Å²) >= 11 is 0. The van der Waals surface area contributed by atoms with Gasteiger partial charge in [-0.15, -0.1) is 0 Å². The van der Waals surface area contributed by atoms with Crippen molar-refractivity contribution in [3.8, 4) is 11.8 Å². The van der Waals surface area contributed by atoms with E-state index in [-0.39, 0.29) is 11.9 Å². The van der Waals surface area contributed by atoms with Crippen molar-refractivity contribution >= 4 is 5.91 Å². The SMILES string of the molecule is C[C@@H]1[C@H](C)CCC[C@H]1NC(=O)[C@H](C)Oc1cccc(C#N)c1. The fraction of sp³-hybridized carbons (Fsp3) is 0.556.